The molecule has 4 rings (SSSR count). The number of ether oxygens (including phenoxy) is 3. The highest BCUT2D eigenvalue weighted by Gasteiger charge is 2.43. The lowest BCUT2D eigenvalue weighted by atomic mass is 10.0. The van der Waals surface area contributed by atoms with Gasteiger partial charge in [-0.3, -0.25) is 0 Å². The third kappa shape index (κ3) is 5.53. The Hall–Kier alpha value is -2.48. The number of methoxy groups -OCH3 is 1. The van der Waals surface area contributed by atoms with E-state index in [0.717, 1.165) is 11.6 Å². The van der Waals surface area contributed by atoms with Crippen molar-refractivity contribution in [3.05, 3.63) is 53.9 Å². The number of fused-ring (bicyclic) bond motifs is 1. The summed E-state index contributed by atoms with van der Waals surface area (Å²) in [6.45, 7) is 1.88. The monoisotopic (exact) mass is 357 g/mol. The summed E-state index contributed by atoms with van der Waals surface area (Å²) >= 11 is 0. The number of hydrogen-bond acceptors (Lipinski definition) is 5. The molecule has 0 spiro atoms. The lowest BCUT2D eigenvalue weighted by molar-refractivity contribution is -0.156. The standard InChI is InChI=1S/C11H12O3.C6H6F3NO/c1-9-5-3-4-6-10(9)14-11(12)7-8-13-2;7-6(8,9)4-1-3-2-5(10-4)11-3/h3-8H,1-2H3;1,3,5,10H,2H2. The van der Waals surface area contributed by atoms with E-state index in [9.17, 15) is 18.0 Å². The molecule has 8 heteroatoms. The number of carbonyl (C=O) groups excluding carboxylic acids is 1. The predicted molar refractivity (Wildman–Crippen MR) is 83.5 cm³/mol. The normalized spacial score (nSPS) is 21.2. The topological polar surface area (TPSA) is 56.8 Å². The molecular formula is C17H18F3NO4. The van der Waals surface area contributed by atoms with Gasteiger partial charge in [0.25, 0.3) is 0 Å². The summed E-state index contributed by atoms with van der Waals surface area (Å²) in [5.74, 6) is 0.124. The molecule has 1 aromatic carbocycles. The first-order valence-corrected chi connectivity index (χ1v) is 7.47. The van der Waals surface area contributed by atoms with Crippen molar-refractivity contribution in [3.8, 4) is 5.75 Å². The van der Waals surface area contributed by atoms with Crippen molar-refractivity contribution >= 4 is 5.97 Å². The van der Waals surface area contributed by atoms with E-state index < -0.39 is 24.1 Å². The molecular weight excluding hydrogens is 339 g/mol. The number of benzene rings is 1. The smallest absolute Gasteiger partial charge is 0.430 e. The van der Waals surface area contributed by atoms with E-state index in [1.165, 1.54) is 19.4 Å². The summed E-state index contributed by atoms with van der Waals surface area (Å²) < 4.78 is 50.4. The zero-order valence-electron chi connectivity index (χ0n) is 13.7. The Labute approximate surface area is 143 Å². The van der Waals surface area contributed by atoms with Gasteiger partial charge in [0.05, 0.1) is 25.6 Å². The van der Waals surface area contributed by atoms with Crippen LogP contribution >= 0.6 is 0 Å². The second-order valence-electron chi connectivity index (χ2n) is 5.35. The molecule has 3 aliphatic heterocycles. The van der Waals surface area contributed by atoms with E-state index in [-0.39, 0.29) is 6.10 Å². The molecule has 2 unspecified atom stereocenters. The lowest BCUT2D eigenvalue weighted by Gasteiger charge is -2.41. The first kappa shape index (κ1) is 18.9. The summed E-state index contributed by atoms with van der Waals surface area (Å²) in [7, 11) is 1.47. The third-order valence-corrected chi connectivity index (χ3v) is 3.40. The van der Waals surface area contributed by atoms with Gasteiger partial charge in [0.15, 0.2) is 0 Å². The third-order valence-electron chi connectivity index (χ3n) is 3.40. The number of rotatable bonds is 3. The van der Waals surface area contributed by atoms with E-state index >= 15 is 0 Å². The van der Waals surface area contributed by atoms with Crippen LogP contribution in [0.5, 0.6) is 5.75 Å². The van der Waals surface area contributed by atoms with Crippen molar-refractivity contribution in [2.45, 2.75) is 31.9 Å². The molecule has 0 saturated carbocycles. The molecule has 25 heavy (non-hydrogen) atoms. The molecule has 0 radical (unpaired) electrons. The number of hydrogen-bond donors (Lipinski definition) is 1. The summed E-state index contributed by atoms with van der Waals surface area (Å²) in [5.41, 5.74) is 0.261. The highest BCUT2D eigenvalue weighted by atomic mass is 19.4. The van der Waals surface area contributed by atoms with E-state index in [1.807, 2.05) is 25.1 Å². The van der Waals surface area contributed by atoms with Crippen molar-refractivity contribution in [1.82, 2.24) is 5.32 Å². The Morgan fingerprint density at radius 1 is 1.36 bits per heavy atom. The molecule has 2 bridgehead atoms. The van der Waals surface area contributed by atoms with Gasteiger partial charge < -0.3 is 19.5 Å². The number of alkyl halides is 3. The largest absolute Gasteiger partial charge is 0.504 e. The maximum atomic E-state index is 11.9. The number of para-hydroxylation sites is 1. The van der Waals surface area contributed by atoms with Crippen molar-refractivity contribution in [1.29, 1.82) is 0 Å². The Kier molecular flexibility index (Phi) is 6.08. The minimum absolute atomic E-state index is 0.321. The summed E-state index contributed by atoms with van der Waals surface area (Å²) in [6.07, 6.45) is -0.743. The van der Waals surface area contributed by atoms with Crippen LogP contribution in [0.25, 0.3) is 0 Å². The van der Waals surface area contributed by atoms with Crippen LogP contribution in [0.15, 0.2) is 48.4 Å². The number of halogens is 3. The van der Waals surface area contributed by atoms with Gasteiger partial charge in [0.1, 0.15) is 17.7 Å². The molecule has 5 nitrogen and oxygen atoms in total. The summed E-state index contributed by atoms with van der Waals surface area (Å²) in [6, 6.07) is 7.32. The van der Waals surface area contributed by atoms with Crippen molar-refractivity contribution in [2.24, 2.45) is 0 Å². The van der Waals surface area contributed by atoms with E-state index in [0.29, 0.717) is 12.2 Å². The SMILES string of the molecule is COC=CC(=O)Oc1ccccc1C.FC(F)(F)C1=CC2CC(N1)O2. The Morgan fingerprint density at radius 3 is 2.52 bits per heavy atom. The molecule has 3 heterocycles. The lowest BCUT2D eigenvalue weighted by Crippen LogP contribution is -2.53. The highest BCUT2D eigenvalue weighted by Crippen LogP contribution is 2.33. The number of esters is 1. The van der Waals surface area contributed by atoms with Gasteiger partial charge in [-0.2, -0.15) is 13.2 Å². The van der Waals surface area contributed by atoms with E-state index in [1.54, 1.807) is 6.07 Å². The van der Waals surface area contributed by atoms with Gasteiger partial charge in [-0.1, -0.05) is 18.2 Å². The molecule has 0 amide bonds. The molecule has 136 valence electrons. The van der Waals surface area contributed by atoms with Crippen LogP contribution in [-0.4, -0.2) is 31.6 Å². The van der Waals surface area contributed by atoms with Crippen LogP contribution < -0.4 is 10.1 Å². The minimum atomic E-state index is -4.25. The van der Waals surface area contributed by atoms with Crippen LogP contribution in [0.3, 0.4) is 0 Å². The van der Waals surface area contributed by atoms with Gasteiger partial charge in [-0.05, 0) is 24.6 Å². The highest BCUT2D eigenvalue weighted by molar-refractivity contribution is 5.83. The van der Waals surface area contributed by atoms with Gasteiger partial charge in [0.2, 0.25) is 0 Å². The van der Waals surface area contributed by atoms with Gasteiger partial charge in [0, 0.05) is 6.42 Å². The number of allylic oxidation sites excluding steroid dienone is 1. The fourth-order valence-electron chi connectivity index (χ4n) is 2.13. The molecule has 3 aliphatic rings. The molecule has 1 aromatic rings. The zero-order valence-corrected chi connectivity index (χ0v) is 13.7. The quantitative estimate of drug-likeness (QED) is 0.390. The number of aryl methyl sites for hydroxylation is 1. The molecule has 0 aromatic heterocycles. The van der Waals surface area contributed by atoms with Crippen LogP contribution in [0.1, 0.15) is 12.0 Å². The number of nitrogens with one attached hydrogen (secondary N) is 1. The summed E-state index contributed by atoms with van der Waals surface area (Å²) in [4.78, 5) is 11.1. The first-order valence-electron chi connectivity index (χ1n) is 7.47. The second-order valence-corrected chi connectivity index (χ2v) is 5.35. The second kappa shape index (κ2) is 8.06. The molecule has 2 atom stereocenters. The van der Waals surface area contributed by atoms with Crippen molar-refractivity contribution in [3.63, 3.8) is 0 Å². The van der Waals surface area contributed by atoms with E-state index in [2.05, 4.69) is 10.1 Å². The van der Waals surface area contributed by atoms with Crippen molar-refractivity contribution < 1.29 is 32.2 Å². The first-order chi connectivity index (χ1) is 11.8. The molecule has 1 N–H and O–H groups in total. The Balaban J connectivity index is 0.000000185. The van der Waals surface area contributed by atoms with Crippen molar-refractivity contribution in [2.75, 3.05) is 7.11 Å². The van der Waals surface area contributed by atoms with Crippen LogP contribution in [-0.2, 0) is 14.3 Å². The van der Waals surface area contributed by atoms with Crippen LogP contribution in [0, 0.1) is 6.92 Å². The fourth-order valence-corrected chi connectivity index (χ4v) is 2.13. The maximum Gasteiger partial charge on any atom is 0.430 e. The summed E-state index contributed by atoms with van der Waals surface area (Å²) in [5, 5.41) is 2.24. The molecule has 0 aliphatic carbocycles. The predicted octanol–water partition coefficient (Wildman–Crippen LogP) is 3.21. The average Bonchev–Trinajstić information content (AvgIpc) is 2.54. The van der Waals surface area contributed by atoms with E-state index in [4.69, 9.17) is 9.47 Å². The van der Waals surface area contributed by atoms with Crippen LogP contribution in [0.4, 0.5) is 13.2 Å². The van der Waals surface area contributed by atoms with Crippen LogP contribution in [0.2, 0.25) is 0 Å². The minimum Gasteiger partial charge on any atom is -0.504 e. The average molecular weight is 357 g/mol. The Bertz CT molecular complexity index is 664. The molecule has 1 fully saturated rings. The number of carbonyl (C=O) groups is 1. The van der Waals surface area contributed by atoms with Gasteiger partial charge in [-0.15, -0.1) is 0 Å². The molecule has 1 saturated heterocycles. The van der Waals surface area contributed by atoms with Gasteiger partial charge in [-0.25, -0.2) is 4.79 Å². The maximum absolute atomic E-state index is 11.9. The Morgan fingerprint density at radius 2 is 2.04 bits per heavy atom. The van der Waals surface area contributed by atoms with Gasteiger partial charge >= 0.3 is 12.1 Å². The zero-order chi connectivity index (χ0) is 18.4. The fraction of sp³-hybridized carbons (Fsp3) is 0.353.